The molecule has 0 radical (unpaired) electrons. The van der Waals surface area contributed by atoms with Gasteiger partial charge in [-0.2, -0.15) is 0 Å². The number of benzene rings is 2. The quantitative estimate of drug-likeness (QED) is 0.842. The molecular formula is C15H13F4NO. The van der Waals surface area contributed by atoms with Crippen LogP contribution in [0, 0.1) is 23.3 Å². The van der Waals surface area contributed by atoms with Gasteiger partial charge in [0, 0.05) is 24.2 Å². The molecule has 0 aromatic heterocycles. The van der Waals surface area contributed by atoms with Crippen LogP contribution in [0.3, 0.4) is 0 Å². The van der Waals surface area contributed by atoms with E-state index in [9.17, 15) is 17.6 Å². The largest absolute Gasteiger partial charge is 0.503 e. The van der Waals surface area contributed by atoms with E-state index in [4.69, 9.17) is 5.11 Å². The van der Waals surface area contributed by atoms with Crippen molar-refractivity contribution in [3.8, 4) is 5.75 Å². The Morgan fingerprint density at radius 2 is 1.62 bits per heavy atom. The average Bonchev–Trinajstić information content (AvgIpc) is 2.42. The normalized spacial score (nSPS) is 12.4. The molecule has 6 heteroatoms. The second-order valence-electron chi connectivity index (χ2n) is 4.68. The summed E-state index contributed by atoms with van der Waals surface area (Å²) in [6, 6.07) is 4.70. The van der Waals surface area contributed by atoms with Crippen molar-refractivity contribution < 1.29 is 22.7 Å². The maximum atomic E-state index is 13.6. The molecule has 0 saturated carbocycles. The van der Waals surface area contributed by atoms with Crippen molar-refractivity contribution >= 4 is 0 Å². The number of halogens is 4. The highest BCUT2D eigenvalue weighted by atomic mass is 19.1. The number of hydrogen-bond acceptors (Lipinski definition) is 2. The van der Waals surface area contributed by atoms with E-state index in [1.807, 2.05) is 0 Å². The molecule has 1 atom stereocenters. The molecule has 2 rings (SSSR count). The summed E-state index contributed by atoms with van der Waals surface area (Å²) in [7, 11) is 0. The molecule has 0 aliphatic heterocycles. The molecule has 2 nitrogen and oxygen atoms in total. The summed E-state index contributed by atoms with van der Waals surface area (Å²) < 4.78 is 52.7. The third kappa shape index (κ3) is 3.52. The monoisotopic (exact) mass is 299 g/mol. The number of phenols is 1. The summed E-state index contributed by atoms with van der Waals surface area (Å²) in [5.74, 6) is -4.53. The predicted molar refractivity (Wildman–Crippen MR) is 69.6 cm³/mol. The lowest BCUT2D eigenvalue weighted by Gasteiger charge is -2.15. The second kappa shape index (κ2) is 6.13. The van der Waals surface area contributed by atoms with Gasteiger partial charge in [0.2, 0.25) is 0 Å². The molecule has 2 aromatic rings. The van der Waals surface area contributed by atoms with E-state index in [0.717, 1.165) is 24.3 Å². The van der Waals surface area contributed by atoms with Gasteiger partial charge >= 0.3 is 0 Å². The fraction of sp³-hybridized carbons (Fsp3) is 0.200. The average molecular weight is 299 g/mol. The van der Waals surface area contributed by atoms with Crippen molar-refractivity contribution in [2.45, 2.75) is 19.5 Å². The Kier molecular flexibility index (Phi) is 4.47. The minimum absolute atomic E-state index is 0.0616. The summed E-state index contributed by atoms with van der Waals surface area (Å²) in [5.41, 5.74) is 0.508. The molecule has 0 fully saturated rings. The Morgan fingerprint density at radius 1 is 1.00 bits per heavy atom. The lowest BCUT2D eigenvalue weighted by Crippen LogP contribution is -2.19. The van der Waals surface area contributed by atoms with Crippen molar-refractivity contribution in [3.63, 3.8) is 0 Å². The van der Waals surface area contributed by atoms with Crippen molar-refractivity contribution in [2.24, 2.45) is 0 Å². The van der Waals surface area contributed by atoms with Crippen molar-refractivity contribution in [2.75, 3.05) is 0 Å². The smallest absolute Gasteiger partial charge is 0.187 e. The van der Waals surface area contributed by atoms with E-state index in [-0.39, 0.29) is 17.7 Å². The van der Waals surface area contributed by atoms with Gasteiger partial charge in [-0.15, -0.1) is 0 Å². The van der Waals surface area contributed by atoms with Crippen LogP contribution in [0.4, 0.5) is 17.6 Å². The van der Waals surface area contributed by atoms with E-state index in [1.165, 1.54) is 6.07 Å². The molecular weight excluding hydrogens is 286 g/mol. The first kappa shape index (κ1) is 15.3. The van der Waals surface area contributed by atoms with Crippen LogP contribution >= 0.6 is 0 Å². The topological polar surface area (TPSA) is 32.3 Å². The van der Waals surface area contributed by atoms with Crippen LogP contribution in [-0.2, 0) is 6.54 Å². The summed E-state index contributed by atoms with van der Waals surface area (Å²) in [4.78, 5) is 0. The molecule has 0 aliphatic rings. The third-order valence-electron chi connectivity index (χ3n) is 3.12. The Labute approximate surface area is 119 Å². The molecule has 0 bridgehead atoms. The zero-order valence-corrected chi connectivity index (χ0v) is 11.1. The van der Waals surface area contributed by atoms with Gasteiger partial charge in [0.05, 0.1) is 0 Å². The van der Waals surface area contributed by atoms with Crippen LogP contribution in [0.1, 0.15) is 24.1 Å². The molecule has 0 spiro atoms. The van der Waals surface area contributed by atoms with Crippen molar-refractivity contribution in [1.82, 2.24) is 5.32 Å². The van der Waals surface area contributed by atoms with Crippen LogP contribution in [-0.4, -0.2) is 5.11 Å². The fourth-order valence-electron chi connectivity index (χ4n) is 1.95. The first-order valence-electron chi connectivity index (χ1n) is 6.23. The van der Waals surface area contributed by atoms with Gasteiger partial charge in [0.1, 0.15) is 11.6 Å². The van der Waals surface area contributed by atoms with Crippen LogP contribution in [0.25, 0.3) is 0 Å². The zero-order valence-electron chi connectivity index (χ0n) is 11.1. The molecule has 0 saturated heterocycles. The molecule has 1 unspecified atom stereocenters. The fourth-order valence-corrected chi connectivity index (χ4v) is 1.95. The minimum Gasteiger partial charge on any atom is -0.503 e. The highest BCUT2D eigenvalue weighted by Gasteiger charge is 2.13. The van der Waals surface area contributed by atoms with Gasteiger partial charge in [-0.05, 0) is 30.7 Å². The number of nitrogens with one attached hydrogen (secondary N) is 1. The van der Waals surface area contributed by atoms with Crippen LogP contribution in [0.2, 0.25) is 0 Å². The van der Waals surface area contributed by atoms with Gasteiger partial charge < -0.3 is 10.4 Å². The second-order valence-corrected chi connectivity index (χ2v) is 4.68. The van der Waals surface area contributed by atoms with E-state index in [0.29, 0.717) is 0 Å². The van der Waals surface area contributed by atoms with E-state index in [2.05, 4.69) is 5.32 Å². The minimum atomic E-state index is -1.06. The van der Waals surface area contributed by atoms with Gasteiger partial charge in [-0.3, -0.25) is 0 Å². The van der Waals surface area contributed by atoms with E-state index >= 15 is 0 Å². The molecule has 0 heterocycles. The predicted octanol–water partition coefficient (Wildman–Crippen LogP) is 3.80. The molecule has 2 aromatic carbocycles. The zero-order chi connectivity index (χ0) is 15.6. The van der Waals surface area contributed by atoms with E-state index < -0.39 is 35.1 Å². The lowest BCUT2D eigenvalue weighted by atomic mass is 10.1. The molecule has 2 N–H and O–H groups in total. The lowest BCUT2D eigenvalue weighted by molar-refractivity contribution is 0.394. The van der Waals surface area contributed by atoms with E-state index in [1.54, 1.807) is 6.92 Å². The maximum absolute atomic E-state index is 13.6. The van der Waals surface area contributed by atoms with Crippen LogP contribution < -0.4 is 5.32 Å². The highest BCUT2D eigenvalue weighted by Crippen LogP contribution is 2.22. The summed E-state index contributed by atoms with van der Waals surface area (Å²) in [6.07, 6.45) is 0. The Morgan fingerprint density at radius 3 is 2.19 bits per heavy atom. The summed E-state index contributed by atoms with van der Waals surface area (Å²) >= 11 is 0. The Bertz CT molecular complexity index is 637. The number of phenolic OH excluding ortho intramolecular Hbond substituents is 1. The van der Waals surface area contributed by atoms with Crippen molar-refractivity contribution in [3.05, 3.63) is 64.7 Å². The van der Waals surface area contributed by atoms with Gasteiger partial charge in [0.25, 0.3) is 0 Å². The summed E-state index contributed by atoms with van der Waals surface area (Å²) in [6.45, 7) is 1.70. The highest BCUT2D eigenvalue weighted by molar-refractivity contribution is 5.30. The number of hydrogen-bond donors (Lipinski definition) is 2. The molecule has 112 valence electrons. The van der Waals surface area contributed by atoms with Gasteiger partial charge in [-0.1, -0.05) is 6.07 Å². The van der Waals surface area contributed by atoms with Gasteiger partial charge in [-0.25, -0.2) is 17.6 Å². The SMILES string of the molecule is CC(NCc1cc(F)c(O)c(F)c1)c1ccc(F)cc1F. The van der Waals surface area contributed by atoms with Gasteiger partial charge in [0.15, 0.2) is 17.4 Å². The molecule has 0 amide bonds. The van der Waals surface area contributed by atoms with Crippen molar-refractivity contribution in [1.29, 1.82) is 0 Å². The first-order valence-corrected chi connectivity index (χ1v) is 6.23. The number of rotatable bonds is 4. The van der Waals surface area contributed by atoms with Crippen LogP contribution in [0.5, 0.6) is 5.75 Å². The first-order chi connectivity index (χ1) is 9.88. The third-order valence-corrected chi connectivity index (χ3v) is 3.12. The molecule has 21 heavy (non-hydrogen) atoms. The number of aromatic hydroxyl groups is 1. The standard InChI is InChI=1S/C15H13F4NO/c1-8(11-3-2-10(16)6-12(11)17)20-7-9-4-13(18)15(21)14(19)5-9/h2-6,8,20-21H,7H2,1H3. The Balaban J connectivity index is 2.09. The molecule has 0 aliphatic carbocycles. The summed E-state index contributed by atoms with van der Waals surface area (Å²) in [5, 5.41) is 11.9. The Hall–Kier alpha value is -2.08. The maximum Gasteiger partial charge on any atom is 0.187 e. The van der Waals surface area contributed by atoms with Crippen LogP contribution in [0.15, 0.2) is 30.3 Å².